The van der Waals surface area contributed by atoms with Gasteiger partial charge in [-0.05, 0) is 38.9 Å². The van der Waals surface area contributed by atoms with Crippen LogP contribution in [0.15, 0.2) is 33.2 Å². The number of hydrogen-bond acceptors (Lipinski definition) is 6. The van der Waals surface area contributed by atoms with E-state index in [0.29, 0.717) is 23.3 Å². The Kier molecular flexibility index (Phi) is 5.50. The van der Waals surface area contributed by atoms with Gasteiger partial charge in [-0.2, -0.15) is 0 Å². The van der Waals surface area contributed by atoms with Gasteiger partial charge in [0.25, 0.3) is 0 Å². The summed E-state index contributed by atoms with van der Waals surface area (Å²) in [6.45, 7) is 8.24. The summed E-state index contributed by atoms with van der Waals surface area (Å²) in [5.41, 5.74) is 2.77. The molecule has 0 aliphatic rings. The summed E-state index contributed by atoms with van der Waals surface area (Å²) in [7, 11) is 0. The maximum atomic E-state index is 6.20. The number of rotatable bonds is 7. The Morgan fingerprint density at radius 1 is 1.12 bits per heavy atom. The van der Waals surface area contributed by atoms with Crippen molar-refractivity contribution in [3.63, 3.8) is 0 Å². The molecule has 0 radical (unpaired) electrons. The van der Waals surface area contributed by atoms with Gasteiger partial charge in [0.2, 0.25) is 11.8 Å². The number of aromatic nitrogens is 3. The molecule has 0 fully saturated rings. The minimum Gasteiger partial charge on any atom is -0.419 e. The van der Waals surface area contributed by atoms with Crippen LogP contribution < -0.4 is 0 Å². The van der Waals surface area contributed by atoms with E-state index in [1.165, 1.54) is 0 Å². The second-order valence-corrected chi connectivity index (χ2v) is 6.40. The van der Waals surface area contributed by atoms with Gasteiger partial charge >= 0.3 is 0 Å². The van der Waals surface area contributed by atoms with E-state index in [1.807, 2.05) is 38.1 Å². The highest BCUT2D eigenvalue weighted by molar-refractivity contribution is 6.33. The first-order chi connectivity index (χ1) is 12.1. The highest BCUT2D eigenvalue weighted by atomic mass is 35.5. The molecule has 3 aromatic rings. The van der Waals surface area contributed by atoms with Crippen LogP contribution in [0.4, 0.5) is 0 Å². The molecular formula is C18H21ClN4O2. The standard InChI is InChI=1S/C18H21ClN4O2/c1-4-9-23(10-15-12(2)22-25-13(15)3)11-17-20-21-18(24-17)14-7-5-6-8-16(14)19/h5-8H,4,9-11H2,1-3H3. The van der Waals surface area contributed by atoms with Crippen molar-refractivity contribution >= 4 is 11.6 Å². The predicted octanol–water partition coefficient (Wildman–Crippen LogP) is 4.41. The molecule has 6 nitrogen and oxygen atoms in total. The summed E-state index contributed by atoms with van der Waals surface area (Å²) in [6.07, 6.45) is 1.02. The van der Waals surface area contributed by atoms with E-state index >= 15 is 0 Å². The lowest BCUT2D eigenvalue weighted by Crippen LogP contribution is -2.24. The van der Waals surface area contributed by atoms with Crippen molar-refractivity contribution in [1.82, 2.24) is 20.3 Å². The van der Waals surface area contributed by atoms with Crippen LogP contribution in [0, 0.1) is 13.8 Å². The molecule has 2 aromatic heterocycles. The van der Waals surface area contributed by atoms with E-state index in [-0.39, 0.29) is 0 Å². The Hall–Kier alpha value is -2.18. The van der Waals surface area contributed by atoms with Crippen LogP contribution in [-0.2, 0) is 13.1 Å². The molecular weight excluding hydrogens is 340 g/mol. The summed E-state index contributed by atoms with van der Waals surface area (Å²) < 4.78 is 11.1. The molecule has 0 aliphatic carbocycles. The van der Waals surface area contributed by atoms with Gasteiger partial charge in [-0.15, -0.1) is 10.2 Å². The van der Waals surface area contributed by atoms with Crippen molar-refractivity contribution in [3.05, 3.63) is 52.2 Å². The second kappa shape index (κ2) is 7.80. The minimum absolute atomic E-state index is 0.439. The van der Waals surface area contributed by atoms with Crippen molar-refractivity contribution in [2.45, 2.75) is 40.3 Å². The van der Waals surface area contributed by atoms with Crippen molar-refractivity contribution in [2.24, 2.45) is 0 Å². The molecule has 0 unspecified atom stereocenters. The van der Waals surface area contributed by atoms with Crippen molar-refractivity contribution in [1.29, 1.82) is 0 Å². The number of aryl methyl sites for hydroxylation is 2. The van der Waals surface area contributed by atoms with Crippen LogP contribution in [0.1, 0.15) is 36.3 Å². The van der Waals surface area contributed by atoms with Crippen LogP contribution in [0.25, 0.3) is 11.5 Å². The van der Waals surface area contributed by atoms with E-state index in [1.54, 1.807) is 0 Å². The fraction of sp³-hybridized carbons (Fsp3) is 0.389. The van der Waals surface area contributed by atoms with E-state index in [0.717, 1.165) is 42.1 Å². The molecule has 0 atom stereocenters. The van der Waals surface area contributed by atoms with Gasteiger partial charge in [-0.1, -0.05) is 35.8 Å². The van der Waals surface area contributed by atoms with E-state index < -0.39 is 0 Å². The molecule has 0 amide bonds. The van der Waals surface area contributed by atoms with E-state index in [4.69, 9.17) is 20.5 Å². The van der Waals surface area contributed by atoms with Crippen molar-refractivity contribution in [2.75, 3.05) is 6.54 Å². The van der Waals surface area contributed by atoms with Crippen LogP contribution in [0.2, 0.25) is 5.02 Å². The lowest BCUT2D eigenvalue weighted by atomic mass is 10.2. The molecule has 0 bridgehead atoms. The SMILES string of the molecule is CCCN(Cc1nnc(-c2ccccc2Cl)o1)Cc1c(C)noc1C. The van der Waals surface area contributed by atoms with Gasteiger partial charge in [-0.25, -0.2) is 0 Å². The first-order valence-electron chi connectivity index (χ1n) is 8.29. The quantitative estimate of drug-likeness (QED) is 0.621. The zero-order valence-corrected chi connectivity index (χ0v) is 15.4. The molecule has 132 valence electrons. The van der Waals surface area contributed by atoms with Gasteiger partial charge in [0.15, 0.2) is 0 Å². The molecule has 1 aromatic carbocycles. The van der Waals surface area contributed by atoms with Gasteiger partial charge in [0.05, 0.1) is 22.8 Å². The van der Waals surface area contributed by atoms with Crippen molar-refractivity contribution < 1.29 is 8.94 Å². The lowest BCUT2D eigenvalue weighted by Gasteiger charge is -2.19. The smallest absolute Gasteiger partial charge is 0.249 e. The third-order valence-corrected chi connectivity index (χ3v) is 4.36. The zero-order valence-electron chi connectivity index (χ0n) is 14.6. The fourth-order valence-electron chi connectivity index (χ4n) is 2.73. The summed E-state index contributed by atoms with van der Waals surface area (Å²) in [5, 5.41) is 12.9. The molecule has 0 spiro atoms. The molecule has 0 saturated heterocycles. The largest absolute Gasteiger partial charge is 0.419 e. The Labute approximate surface area is 151 Å². The van der Waals surface area contributed by atoms with Crippen molar-refractivity contribution in [3.8, 4) is 11.5 Å². The number of halogens is 1. The van der Waals surface area contributed by atoms with Gasteiger partial charge in [0.1, 0.15) is 5.76 Å². The molecule has 2 heterocycles. The van der Waals surface area contributed by atoms with Gasteiger partial charge in [0, 0.05) is 12.1 Å². The molecule has 25 heavy (non-hydrogen) atoms. The number of hydrogen-bond donors (Lipinski definition) is 0. The summed E-state index contributed by atoms with van der Waals surface area (Å²) in [6, 6.07) is 7.44. The Morgan fingerprint density at radius 3 is 2.60 bits per heavy atom. The van der Waals surface area contributed by atoms with Crippen LogP contribution in [0.3, 0.4) is 0 Å². The molecule has 0 N–H and O–H groups in total. The highest BCUT2D eigenvalue weighted by Gasteiger charge is 2.17. The Balaban J connectivity index is 1.76. The molecule has 0 aliphatic heterocycles. The van der Waals surface area contributed by atoms with Crippen LogP contribution >= 0.6 is 11.6 Å². The fourth-order valence-corrected chi connectivity index (χ4v) is 2.95. The minimum atomic E-state index is 0.439. The van der Waals surface area contributed by atoms with E-state index in [9.17, 15) is 0 Å². The highest BCUT2D eigenvalue weighted by Crippen LogP contribution is 2.26. The maximum absolute atomic E-state index is 6.20. The predicted molar refractivity (Wildman–Crippen MR) is 95.1 cm³/mol. The third kappa shape index (κ3) is 4.08. The average molecular weight is 361 g/mol. The number of nitrogens with zero attached hydrogens (tertiary/aromatic N) is 4. The Morgan fingerprint density at radius 2 is 1.92 bits per heavy atom. The molecule has 3 rings (SSSR count). The third-order valence-electron chi connectivity index (χ3n) is 4.03. The maximum Gasteiger partial charge on any atom is 0.249 e. The zero-order chi connectivity index (χ0) is 17.8. The summed E-state index contributed by atoms with van der Waals surface area (Å²) in [5.74, 6) is 1.85. The van der Waals surface area contributed by atoms with Gasteiger partial charge in [-0.3, -0.25) is 4.90 Å². The first kappa shape index (κ1) is 17.6. The van der Waals surface area contributed by atoms with Crippen LogP contribution in [0.5, 0.6) is 0 Å². The molecule has 0 saturated carbocycles. The summed E-state index contributed by atoms with van der Waals surface area (Å²) >= 11 is 6.20. The lowest BCUT2D eigenvalue weighted by molar-refractivity contribution is 0.230. The van der Waals surface area contributed by atoms with E-state index in [2.05, 4.69) is 27.2 Å². The number of benzene rings is 1. The van der Waals surface area contributed by atoms with Crippen LogP contribution in [-0.4, -0.2) is 26.8 Å². The normalized spacial score (nSPS) is 11.4. The molecule has 7 heteroatoms. The second-order valence-electron chi connectivity index (χ2n) is 5.99. The topological polar surface area (TPSA) is 68.2 Å². The summed E-state index contributed by atoms with van der Waals surface area (Å²) in [4.78, 5) is 2.25. The average Bonchev–Trinajstić information content (AvgIpc) is 3.17. The van der Waals surface area contributed by atoms with Gasteiger partial charge < -0.3 is 8.94 Å². The first-order valence-corrected chi connectivity index (χ1v) is 8.67. The monoisotopic (exact) mass is 360 g/mol. The Bertz CT molecular complexity index is 824.